The summed E-state index contributed by atoms with van der Waals surface area (Å²) in [5, 5.41) is 3.40. The van der Waals surface area contributed by atoms with Crippen LogP contribution in [0, 0.1) is 6.92 Å². The molecule has 1 atom stereocenters. The highest BCUT2D eigenvalue weighted by molar-refractivity contribution is 7.99. The van der Waals surface area contributed by atoms with E-state index in [1.165, 1.54) is 48.7 Å². The number of piperidine rings is 1. The van der Waals surface area contributed by atoms with Crippen molar-refractivity contribution < 1.29 is 0 Å². The van der Waals surface area contributed by atoms with E-state index in [2.05, 4.69) is 48.5 Å². The zero-order valence-corrected chi connectivity index (χ0v) is 12.3. The van der Waals surface area contributed by atoms with Crippen LogP contribution in [0.1, 0.15) is 18.4 Å². The van der Waals surface area contributed by atoms with Crippen molar-refractivity contribution in [2.24, 2.45) is 0 Å². The molecule has 0 aliphatic carbocycles. The molecule has 1 saturated heterocycles. The number of aryl methyl sites for hydroxylation is 1. The van der Waals surface area contributed by atoms with Crippen molar-refractivity contribution in [2.75, 3.05) is 32.4 Å². The zero-order valence-electron chi connectivity index (χ0n) is 11.5. The number of likely N-dealkylation sites (N-methyl/N-ethyl adjacent to an activating group) is 1. The van der Waals surface area contributed by atoms with Gasteiger partial charge in [0.25, 0.3) is 0 Å². The summed E-state index contributed by atoms with van der Waals surface area (Å²) in [6, 6.07) is 9.54. The molecule has 0 saturated carbocycles. The van der Waals surface area contributed by atoms with E-state index in [0.29, 0.717) is 6.04 Å². The summed E-state index contributed by atoms with van der Waals surface area (Å²) in [5.41, 5.74) is 1.34. The lowest BCUT2D eigenvalue weighted by Gasteiger charge is -2.32. The Labute approximate surface area is 115 Å². The molecule has 1 aromatic rings. The number of likely N-dealkylation sites (tertiary alicyclic amines) is 1. The Morgan fingerprint density at radius 1 is 1.33 bits per heavy atom. The quantitative estimate of drug-likeness (QED) is 0.823. The van der Waals surface area contributed by atoms with Gasteiger partial charge in [-0.1, -0.05) is 17.7 Å². The van der Waals surface area contributed by atoms with Gasteiger partial charge in [-0.3, -0.25) is 0 Å². The maximum atomic E-state index is 3.40. The van der Waals surface area contributed by atoms with Crippen LogP contribution in [0.3, 0.4) is 0 Å². The van der Waals surface area contributed by atoms with Gasteiger partial charge in [0.1, 0.15) is 0 Å². The minimum atomic E-state index is 0.697. The lowest BCUT2D eigenvalue weighted by Crippen LogP contribution is -2.45. The maximum Gasteiger partial charge on any atom is 0.0192 e. The van der Waals surface area contributed by atoms with Crippen LogP contribution >= 0.6 is 11.8 Å². The Morgan fingerprint density at radius 3 is 2.83 bits per heavy atom. The fourth-order valence-electron chi connectivity index (χ4n) is 2.42. The van der Waals surface area contributed by atoms with Gasteiger partial charge >= 0.3 is 0 Å². The Hall–Kier alpha value is -0.510. The van der Waals surface area contributed by atoms with Gasteiger partial charge < -0.3 is 10.2 Å². The van der Waals surface area contributed by atoms with Crippen LogP contribution in [0.5, 0.6) is 0 Å². The molecule has 0 radical (unpaired) electrons. The molecule has 0 bridgehead atoms. The van der Waals surface area contributed by atoms with Crippen LogP contribution in [0.4, 0.5) is 0 Å². The molecule has 0 amide bonds. The van der Waals surface area contributed by atoms with Gasteiger partial charge in [-0.15, -0.1) is 11.8 Å². The predicted octanol–water partition coefficient (Wildman–Crippen LogP) is 2.77. The lowest BCUT2D eigenvalue weighted by atomic mass is 10.1. The Balaban J connectivity index is 1.70. The third-order valence-corrected chi connectivity index (χ3v) is 4.60. The first-order valence-electron chi connectivity index (χ1n) is 6.87. The fraction of sp³-hybridized carbons (Fsp3) is 0.600. The topological polar surface area (TPSA) is 15.3 Å². The highest BCUT2D eigenvalue weighted by atomic mass is 32.2. The molecule has 0 spiro atoms. The summed E-state index contributed by atoms with van der Waals surface area (Å²) in [4.78, 5) is 3.98. The highest BCUT2D eigenvalue weighted by Crippen LogP contribution is 2.19. The SMILES string of the molecule is CNC1CCCN(CCSc2ccc(C)cc2)C1. The minimum Gasteiger partial charge on any atom is -0.316 e. The zero-order chi connectivity index (χ0) is 12.8. The Bertz CT molecular complexity index is 350. The van der Waals surface area contributed by atoms with Gasteiger partial charge in [0.05, 0.1) is 0 Å². The fourth-order valence-corrected chi connectivity index (χ4v) is 3.34. The van der Waals surface area contributed by atoms with Crippen LogP contribution in [0.2, 0.25) is 0 Å². The average Bonchev–Trinajstić information content (AvgIpc) is 2.41. The molecule has 3 heteroatoms. The average molecular weight is 264 g/mol. The molecule has 1 aromatic carbocycles. The second kappa shape index (κ2) is 7.17. The van der Waals surface area contributed by atoms with Crippen LogP contribution in [0.15, 0.2) is 29.2 Å². The second-order valence-corrected chi connectivity index (χ2v) is 6.26. The Morgan fingerprint density at radius 2 is 2.11 bits per heavy atom. The molecule has 100 valence electrons. The number of thioether (sulfide) groups is 1. The molecular formula is C15H24N2S. The van der Waals surface area contributed by atoms with Crippen LogP contribution < -0.4 is 5.32 Å². The van der Waals surface area contributed by atoms with Crippen molar-refractivity contribution in [2.45, 2.75) is 30.7 Å². The normalized spacial score (nSPS) is 21.1. The summed E-state index contributed by atoms with van der Waals surface area (Å²) in [6.07, 6.45) is 2.67. The van der Waals surface area contributed by atoms with Crippen molar-refractivity contribution in [3.63, 3.8) is 0 Å². The van der Waals surface area contributed by atoms with Crippen molar-refractivity contribution in [1.82, 2.24) is 10.2 Å². The van der Waals surface area contributed by atoms with Crippen molar-refractivity contribution in [1.29, 1.82) is 0 Å². The van der Waals surface area contributed by atoms with E-state index in [1.54, 1.807) is 0 Å². The van der Waals surface area contributed by atoms with Crippen LogP contribution in [0.25, 0.3) is 0 Å². The van der Waals surface area contributed by atoms with Crippen molar-refractivity contribution >= 4 is 11.8 Å². The smallest absolute Gasteiger partial charge is 0.0192 e. The largest absolute Gasteiger partial charge is 0.316 e. The molecular weight excluding hydrogens is 240 g/mol. The standard InChI is InChI=1S/C15H24N2S/c1-13-5-7-15(8-6-13)18-11-10-17-9-3-4-14(12-17)16-2/h5-8,14,16H,3-4,9-12H2,1-2H3. The monoisotopic (exact) mass is 264 g/mol. The summed E-state index contributed by atoms with van der Waals surface area (Å²) in [6.45, 7) is 5.83. The highest BCUT2D eigenvalue weighted by Gasteiger charge is 2.17. The number of nitrogens with zero attached hydrogens (tertiary/aromatic N) is 1. The molecule has 1 aliphatic rings. The number of benzene rings is 1. The first-order valence-corrected chi connectivity index (χ1v) is 7.85. The van der Waals surface area contributed by atoms with E-state index in [-0.39, 0.29) is 0 Å². The Kier molecular flexibility index (Phi) is 5.54. The molecule has 2 rings (SSSR count). The maximum absolute atomic E-state index is 3.40. The third-order valence-electron chi connectivity index (χ3n) is 3.61. The molecule has 1 fully saturated rings. The van der Waals surface area contributed by atoms with Gasteiger partial charge in [0, 0.05) is 29.8 Å². The number of nitrogens with one attached hydrogen (secondary N) is 1. The molecule has 18 heavy (non-hydrogen) atoms. The molecule has 2 nitrogen and oxygen atoms in total. The van der Waals surface area contributed by atoms with E-state index in [4.69, 9.17) is 0 Å². The molecule has 1 unspecified atom stereocenters. The van der Waals surface area contributed by atoms with Crippen LogP contribution in [-0.4, -0.2) is 43.4 Å². The first kappa shape index (κ1) is 13.9. The number of hydrogen-bond acceptors (Lipinski definition) is 3. The van der Waals surface area contributed by atoms with Gasteiger partial charge in [-0.2, -0.15) is 0 Å². The van der Waals surface area contributed by atoms with Gasteiger partial charge in [-0.25, -0.2) is 0 Å². The number of hydrogen-bond donors (Lipinski definition) is 1. The van der Waals surface area contributed by atoms with Crippen LogP contribution in [-0.2, 0) is 0 Å². The van der Waals surface area contributed by atoms with E-state index in [9.17, 15) is 0 Å². The van der Waals surface area contributed by atoms with Crippen molar-refractivity contribution in [3.8, 4) is 0 Å². The van der Waals surface area contributed by atoms with E-state index in [1.807, 2.05) is 11.8 Å². The summed E-state index contributed by atoms with van der Waals surface area (Å²) in [7, 11) is 2.08. The minimum absolute atomic E-state index is 0.697. The van der Waals surface area contributed by atoms with Gasteiger partial charge in [0.2, 0.25) is 0 Å². The third kappa shape index (κ3) is 4.30. The molecule has 1 aliphatic heterocycles. The summed E-state index contributed by atoms with van der Waals surface area (Å²) >= 11 is 1.97. The predicted molar refractivity (Wildman–Crippen MR) is 80.4 cm³/mol. The van der Waals surface area contributed by atoms with Gasteiger partial charge in [-0.05, 0) is 45.5 Å². The first-order chi connectivity index (χ1) is 8.78. The van der Waals surface area contributed by atoms with Gasteiger partial charge in [0.15, 0.2) is 0 Å². The second-order valence-electron chi connectivity index (χ2n) is 5.09. The van der Waals surface area contributed by atoms with Crippen molar-refractivity contribution in [3.05, 3.63) is 29.8 Å². The lowest BCUT2D eigenvalue weighted by molar-refractivity contribution is 0.206. The molecule has 1 heterocycles. The molecule has 0 aromatic heterocycles. The van der Waals surface area contributed by atoms with E-state index >= 15 is 0 Å². The molecule has 1 N–H and O–H groups in total. The van der Waals surface area contributed by atoms with E-state index < -0.39 is 0 Å². The summed E-state index contributed by atoms with van der Waals surface area (Å²) in [5.74, 6) is 1.19. The number of rotatable bonds is 5. The van der Waals surface area contributed by atoms with E-state index in [0.717, 1.165) is 0 Å². The summed E-state index contributed by atoms with van der Waals surface area (Å²) < 4.78 is 0.